The van der Waals surface area contributed by atoms with Gasteiger partial charge in [-0.25, -0.2) is 13.2 Å². The summed E-state index contributed by atoms with van der Waals surface area (Å²) >= 11 is 0. The lowest BCUT2D eigenvalue weighted by molar-refractivity contribution is 0.0474. The Balaban J connectivity index is 2.07. The van der Waals surface area contributed by atoms with Gasteiger partial charge >= 0.3 is 5.97 Å². The lowest BCUT2D eigenvalue weighted by Gasteiger charge is -2.18. The molecule has 0 unspecified atom stereocenters. The van der Waals surface area contributed by atoms with Gasteiger partial charge in [-0.3, -0.25) is 4.79 Å². The highest BCUT2D eigenvalue weighted by Crippen LogP contribution is 2.18. The Hall–Kier alpha value is -2.45. The molecule has 0 amide bonds. The van der Waals surface area contributed by atoms with Crippen LogP contribution in [0.2, 0.25) is 0 Å². The second-order valence-corrected chi connectivity index (χ2v) is 8.99. The molecule has 0 saturated carbocycles. The van der Waals surface area contributed by atoms with Crippen LogP contribution in [0.3, 0.4) is 0 Å². The Morgan fingerprint density at radius 1 is 1.03 bits per heavy atom. The minimum Gasteiger partial charge on any atom is -0.454 e. The van der Waals surface area contributed by atoms with E-state index in [4.69, 9.17) is 4.74 Å². The van der Waals surface area contributed by atoms with Crippen molar-refractivity contribution in [3.8, 4) is 0 Å². The van der Waals surface area contributed by atoms with Crippen molar-refractivity contribution in [3.05, 3.63) is 52.8 Å². The molecule has 0 spiro atoms. The number of ether oxygens (including phenoxy) is 1. The van der Waals surface area contributed by atoms with Crippen molar-refractivity contribution in [1.29, 1.82) is 0 Å². The van der Waals surface area contributed by atoms with E-state index in [1.54, 1.807) is 13.8 Å². The summed E-state index contributed by atoms with van der Waals surface area (Å²) in [6.07, 6.45) is 0.957. The van der Waals surface area contributed by atoms with Crippen molar-refractivity contribution in [2.24, 2.45) is 0 Å². The number of aromatic nitrogens is 1. The SMILES string of the molecule is CCCn1c(C)cc(C(=O)COC(=O)c2ccc(S(=O)(=O)N(CC)CC)cc2)c1C. The van der Waals surface area contributed by atoms with Gasteiger partial charge in [-0.2, -0.15) is 4.31 Å². The average molecular weight is 435 g/mol. The van der Waals surface area contributed by atoms with Crippen molar-refractivity contribution in [2.45, 2.75) is 52.5 Å². The number of carbonyl (C=O) groups excluding carboxylic acids is 2. The van der Waals surface area contributed by atoms with E-state index in [-0.39, 0.29) is 22.8 Å². The van der Waals surface area contributed by atoms with Crippen LogP contribution in [0.15, 0.2) is 35.2 Å². The Morgan fingerprint density at radius 3 is 2.17 bits per heavy atom. The van der Waals surface area contributed by atoms with Crippen LogP contribution < -0.4 is 0 Å². The first-order chi connectivity index (χ1) is 14.2. The van der Waals surface area contributed by atoms with Gasteiger partial charge in [-0.05, 0) is 50.6 Å². The zero-order valence-electron chi connectivity index (χ0n) is 18.3. The van der Waals surface area contributed by atoms with Crippen molar-refractivity contribution in [1.82, 2.24) is 8.87 Å². The molecule has 0 bridgehead atoms. The Bertz CT molecular complexity index is 1000. The zero-order chi connectivity index (χ0) is 22.5. The molecule has 0 aliphatic rings. The summed E-state index contributed by atoms with van der Waals surface area (Å²) in [5.74, 6) is -0.933. The first-order valence-corrected chi connectivity index (χ1v) is 11.6. The molecule has 164 valence electrons. The largest absolute Gasteiger partial charge is 0.454 e. The van der Waals surface area contributed by atoms with Crippen LogP contribution in [0, 0.1) is 13.8 Å². The molecule has 0 aliphatic carbocycles. The summed E-state index contributed by atoms with van der Waals surface area (Å²) in [6, 6.07) is 7.37. The molecule has 1 aromatic heterocycles. The minimum atomic E-state index is -3.59. The molecule has 0 aliphatic heterocycles. The Morgan fingerprint density at radius 2 is 1.63 bits per heavy atom. The zero-order valence-corrected chi connectivity index (χ0v) is 19.1. The van der Waals surface area contributed by atoms with Crippen molar-refractivity contribution >= 4 is 21.8 Å². The molecule has 1 aromatic carbocycles. The number of aryl methyl sites for hydroxylation is 1. The van der Waals surface area contributed by atoms with Crippen molar-refractivity contribution in [3.63, 3.8) is 0 Å². The minimum absolute atomic E-state index is 0.113. The predicted octanol–water partition coefficient (Wildman–Crippen LogP) is 3.59. The van der Waals surface area contributed by atoms with E-state index < -0.39 is 16.0 Å². The van der Waals surface area contributed by atoms with Crippen LogP contribution >= 0.6 is 0 Å². The lowest BCUT2D eigenvalue weighted by atomic mass is 10.1. The van der Waals surface area contributed by atoms with Gasteiger partial charge in [-0.1, -0.05) is 20.8 Å². The third-order valence-corrected chi connectivity index (χ3v) is 7.15. The molecule has 0 N–H and O–H groups in total. The molecule has 2 rings (SSSR count). The molecule has 1 heterocycles. The number of hydrogen-bond acceptors (Lipinski definition) is 5. The maximum absolute atomic E-state index is 12.5. The predicted molar refractivity (Wildman–Crippen MR) is 115 cm³/mol. The van der Waals surface area contributed by atoms with E-state index >= 15 is 0 Å². The molecule has 30 heavy (non-hydrogen) atoms. The van der Waals surface area contributed by atoms with Crippen LogP contribution in [0.25, 0.3) is 0 Å². The smallest absolute Gasteiger partial charge is 0.338 e. The van der Waals surface area contributed by atoms with E-state index in [1.807, 2.05) is 19.9 Å². The fourth-order valence-corrected chi connectivity index (χ4v) is 4.88. The van der Waals surface area contributed by atoms with Gasteiger partial charge in [0.1, 0.15) is 0 Å². The number of Topliss-reactive ketones (excluding diaryl/α,β-unsaturated/α-hetero) is 1. The second-order valence-electron chi connectivity index (χ2n) is 7.05. The van der Waals surface area contributed by atoms with Gasteiger partial charge in [0, 0.05) is 36.6 Å². The fraction of sp³-hybridized carbons (Fsp3) is 0.455. The summed E-state index contributed by atoms with van der Waals surface area (Å²) in [5.41, 5.74) is 2.60. The van der Waals surface area contributed by atoms with Crippen LogP contribution in [0.4, 0.5) is 0 Å². The van der Waals surface area contributed by atoms with Crippen LogP contribution in [-0.2, 0) is 21.3 Å². The third-order valence-electron chi connectivity index (χ3n) is 5.09. The molecule has 0 radical (unpaired) electrons. The molecule has 0 atom stereocenters. The summed E-state index contributed by atoms with van der Waals surface area (Å²) in [5, 5.41) is 0. The normalized spacial score (nSPS) is 11.7. The van der Waals surface area contributed by atoms with Gasteiger partial charge in [0.15, 0.2) is 6.61 Å². The van der Waals surface area contributed by atoms with Gasteiger partial charge < -0.3 is 9.30 Å². The van der Waals surface area contributed by atoms with Crippen LogP contribution in [0.5, 0.6) is 0 Å². The molecule has 8 heteroatoms. The Kier molecular flexibility index (Phi) is 7.97. The van der Waals surface area contributed by atoms with Crippen LogP contribution in [0.1, 0.15) is 59.3 Å². The van der Waals surface area contributed by atoms with Crippen LogP contribution in [-0.4, -0.2) is 48.7 Å². The monoisotopic (exact) mass is 434 g/mol. The number of esters is 1. The molecule has 0 saturated heterocycles. The maximum atomic E-state index is 12.5. The fourth-order valence-electron chi connectivity index (χ4n) is 3.42. The molecule has 0 fully saturated rings. The van der Waals surface area contributed by atoms with E-state index in [2.05, 4.69) is 11.5 Å². The van der Waals surface area contributed by atoms with Crippen molar-refractivity contribution in [2.75, 3.05) is 19.7 Å². The second kappa shape index (κ2) is 10.0. The highest BCUT2D eigenvalue weighted by atomic mass is 32.2. The summed E-state index contributed by atoms with van der Waals surface area (Å²) in [7, 11) is -3.59. The van der Waals surface area contributed by atoms with E-state index in [1.165, 1.54) is 28.6 Å². The van der Waals surface area contributed by atoms with Crippen molar-refractivity contribution < 1.29 is 22.7 Å². The Labute approximate surface area is 178 Å². The highest BCUT2D eigenvalue weighted by Gasteiger charge is 2.22. The number of rotatable bonds is 10. The van der Waals surface area contributed by atoms with Gasteiger partial charge in [0.2, 0.25) is 15.8 Å². The number of hydrogen-bond donors (Lipinski definition) is 0. The lowest BCUT2D eigenvalue weighted by Crippen LogP contribution is -2.30. The van der Waals surface area contributed by atoms with Gasteiger partial charge in [0.05, 0.1) is 10.5 Å². The quantitative estimate of drug-likeness (QED) is 0.421. The number of nitrogens with zero attached hydrogens (tertiary/aromatic N) is 2. The molecule has 2 aromatic rings. The average Bonchev–Trinajstić information content (AvgIpc) is 3.01. The standard InChI is InChI=1S/C22H30N2O5S/c1-6-13-24-16(4)14-20(17(24)5)21(25)15-29-22(26)18-9-11-19(12-10-18)30(27,28)23(7-2)8-3/h9-12,14H,6-8,13,15H2,1-5H3. The number of carbonyl (C=O) groups is 2. The van der Waals surface area contributed by atoms with E-state index in [9.17, 15) is 18.0 Å². The maximum Gasteiger partial charge on any atom is 0.338 e. The van der Waals surface area contributed by atoms with E-state index in [0.29, 0.717) is 18.7 Å². The van der Waals surface area contributed by atoms with E-state index in [0.717, 1.165) is 24.4 Å². The topological polar surface area (TPSA) is 85.7 Å². The number of benzene rings is 1. The highest BCUT2D eigenvalue weighted by molar-refractivity contribution is 7.89. The summed E-state index contributed by atoms with van der Waals surface area (Å²) < 4.78 is 33.6. The first-order valence-electron chi connectivity index (χ1n) is 10.1. The first kappa shape index (κ1) is 23.8. The summed E-state index contributed by atoms with van der Waals surface area (Å²) in [4.78, 5) is 24.9. The number of ketones is 1. The van der Waals surface area contributed by atoms with Gasteiger partial charge in [0.25, 0.3) is 0 Å². The summed E-state index contributed by atoms with van der Waals surface area (Å²) in [6.45, 7) is 10.6. The van der Waals surface area contributed by atoms with Gasteiger partial charge in [-0.15, -0.1) is 0 Å². The molecular formula is C22H30N2O5S. The third kappa shape index (κ3) is 4.99. The number of sulfonamides is 1. The molecule has 7 nitrogen and oxygen atoms in total. The molecular weight excluding hydrogens is 404 g/mol.